The Morgan fingerprint density at radius 2 is 1.95 bits per heavy atom. The molecular weight excluding hydrogens is 272 g/mol. The van der Waals surface area contributed by atoms with Gasteiger partial charge in [0, 0.05) is 13.5 Å². The molecule has 1 aromatic rings. The third-order valence-electron chi connectivity index (χ3n) is 3.52. The van der Waals surface area contributed by atoms with E-state index in [1.54, 1.807) is 38.5 Å². The lowest BCUT2D eigenvalue weighted by Crippen LogP contribution is -2.91. The maximum absolute atomic E-state index is 12.3. The van der Waals surface area contributed by atoms with Crippen LogP contribution in [0.3, 0.4) is 0 Å². The van der Waals surface area contributed by atoms with Crippen molar-refractivity contribution in [1.29, 1.82) is 0 Å². The minimum absolute atomic E-state index is 0.150. The monoisotopic (exact) mass is 293 g/mol. The number of benzene rings is 1. The molecule has 1 atom stereocenters. The molecule has 0 unspecified atom stereocenters. The van der Waals surface area contributed by atoms with Crippen LogP contribution in [0.1, 0.15) is 12.8 Å². The van der Waals surface area contributed by atoms with Crippen molar-refractivity contribution in [3.63, 3.8) is 0 Å². The number of imide groups is 1. The number of carbonyl (C=O) groups excluding carboxylic acids is 2. The topological polar surface area (TPSA) is 72.4 Å². The third kappa shape index (κ3) is 3.59. The van der Waals surface area contributed by atoms with Gasteiger partial charge in [0.1, 0.15) is 5.75 Å². The van der Waals surface area contributed by atoms with Crippen molar-refractivity contribution in [2.75, 3.05) is 32.3 Å². The minimum Gasteiger partial charge on any atom is -0.497 e. The maximum atomic E-state index is 12.3. The summed E-state index contributed by atoms with van der Waals surface area (Å²) in [6.07, 6.45) is 1.11. The lowest BCUT2D eigenvalue weighted by atomic mass is 10.2. The van der Waals surface area contributed by atoms with Crippen molar-refractivity contribution in [3.8, 4) is 5.75 Å². The molecule has 21 heavy (non-hydrogen) atoms. The summed E-state index contributed by atoms with van der Waals surface area (Å²) in [6.45, 7) is 1.43. The van der Waals surface area contributed by atoms with Gasteiger partial charge in [0.2, 0.25) is 5.91 Å². The zero-order valence-electron chi connectivity index (χ0n) is 12.4. The van der Waals surface area contributed by atoms with Crippen molar-refractivity contribution < 1.29 is 24.4 Å². The molecule has 0 aliphatic carbocycles. The van der Waals surface area contributed by atoms with Gasteiger partial charge in [0.05, 0.1) is 32.4 Å². The number of carbonyl (C=O) groups is 2. The fourth-order valence-corrected chi connectivity index (χ4v) is 2.39. The molecule has 1 fully saturated rings. The van der Waals surface area contributed by atoms with Crippen LogP contribution in [0.5, 0.6) is 5.75 Å². The highest BCUT2D eigenvalue weighted by Crippen LogP contribution is 2.24. The predicted molar refractivity (Wildman–Crippen MR) is 77.2 cm³/mol. The minimum atomic E-state index is -0.323. The third-order valence-corrected chi connectivity index (χ3v) is 3.52. The second kappa shape index (κ2) is 7.19. The number of quaternary nitrogens is 1. The molecule has 1 aromatic carbocycles. The van der Waals surface area contributed by atoms with Gasteiger partial charge >= 0.3 is 0 Å². The Kier molecular flexibility index (Phi) is 5.30. The summed E-state index contributed by atoms with van der Waals surface area (Å²) in [5, 5.41) is 1.92. The van der Waals surface area contributed by atoms with Gasteiger partial charge in [-0.05, 0) is 24.3 Å². The summed E-state index contributed by atoms with van der Waals surface area (Å²) in [6, 6.07) is 6.61. The van der Waals surface area contributed by atoms with E-state index in [2.05, 4.69) is 0 Å². The van der Waals surface area contributed by atoms with E-state index in [0.717, 1.165) is 13.0 Å². The SMILES string of the molecule is COCCC[NH2+][C@H]1CC(=O)N(c2ccc(OC)cc2)C1=O. The number of nitrogens with two attached hydrogens (primary N) is 1. The summed E-state index contributed by atoms with van der Waals surface area (Å²) < 4.78 is 10.0. The second-order valence-corrected chi connectivity index (χ2v) is 4.95. The van der Waals surface area contributed by atoms with Crippen molar-refractivity contribution in [2.24, 2.45) is 0 Å². The van der Waals surface area contributed by atoms with Crippen LogP contribution in [-0.4, -0.2) is 45.2 Å². The molecule has 0 aromatic heterocycles. The van der Waals surface area contributed by atoms with Gasteiger partial charge in [0.25, 0.3) is 5.91 Å². The highest BCUT2D eigenvalue weighted by molar-refractivity contribution is 6.21. The van der Waals surface area contributed by atoms with E-state index in [1.165, 1.54) is 4.90 Å². The van der Waals surface area contributed by atoms with Gasteiger partial charge in [0.15, 0.2) is 6.04 Å². The van der Waals surface area contributed by atoms with Crippen LogP contribution in [0.2, 0.25) is 0 Å². The standard InChI is InChI=1S/C15H20N2O4/c1-20-9-3-8-16-13-10-14(18)17(15(13)19)11-4-6-12(21-2)7-5-11/h4-7,13,16H,3,8-10H2,1-2H3/p+1/t13-/m0/s1. The first-order chi connectivity index (χ1) is 10.2. The lowest BCUT2D eigenvalue weighted by molar-refractivity contribution is -0.675. The second-order valence-electron chi connectivity index (χ2n) is 4.95. The van der Waals surface area contributed by atoms with Gasteiger partial charge in [-0.25, -0.2) is 4.90 Å². The van der Waals surface area contributed by atoms with Gasteiger partial charge in [-0.3, -0.25) is 9.59 Å². The molecule has 6 nitrogen and oxygen atoms in total. The predicted octanol–water partition coefficient (Wildman–Crippen LogP) is -0.0730. The summed E-state index contributed by atoms with van der Waals surface area (Å²) >= 11 is 0. The highest BCUT2D eigenvalue weighted by Gasteiger charge is 2.41. The van der Waals surface area contributed by atoms with Crippen LogP contribution < -0.4 is 15.0 Å². The Morgan fingerprint density at radius 3 is 2.57 bits per heavy atom. The summed E-state index contributed by atoms with van der Waals surface area (Å²) in [5.41, 5.74) is 0.596. The molecule has 1 saturated heterocycles. The molecule has 1 aliphatic heterocycles. The molecule has 1 heterocycles. The first kappa shape index (κ1) is 15.5. The smallest absolute Gasteiger partial charge is 0.292 e. The molecule has 0 radical (unpaired) electrons. The highest BCUT2D eigenvalue weighted by atomic mass is 16.5. The molecule has 2 rings (SSSR count). The molecule has 2 N–H and O–H groups in total. The van der Waals surface area contributed by atoms with Crippen LogP contribution in [-0.2, 0) is 14.3 Å². The van der Waals surface area contributed by atoms with Gasteiger partial charge in [-0.2, -0.15) is 0 Å². The Hall–Kier alpha value is -1.92. The first-order valence-electron chi connectivity index (χ1n) is 7.00. The molecule has 0 bridgehead atoms. The number of methoxy groups -OCH3 is 2. The molecule has 1 aliphatic rings. The van der Waals surface area contributed by atoms with Crippen LogP contribution in [0, 0.1) is 0 Å². The number of ether oxygens (including phenoxy) is 2. The lowest BCUT2D eigenvalue weighted by Gasteiger charge is -2.14. The van der Waals surface area contributed by atoms with Crippen LogP contribution >= 0.6 is 0 Å². The van der Waals surface area contributed by atoms with Crippen molar-refractivity contribution >= 4 is 17.5 Å². The zero-order valence-corrected chi connectivity index (χ0v) is 12.4. The summed E-state index contributed by atoms with van der Waals surface area (Å²) in [5.74, 6) is 0.390. The van der Waals surface area contributed by atoms with E-state index < -0.39 is 0 Å². The summed E-state index contributed by atoms with van der Waals surface area (Å²) in [4.78, 5) is 25.7. The van der Waals surface area contributed by atoms with E-state index in [0.29, 0.717) is 18.0 Å². The number of nitrogens with zero attached hydrogens (tertiary/aromatic N) is 1. The van der Waals surface area contributed by atoms with Crippen LogP contribution in [0.25, 0.3) is 0 Å². The molecule has 0 spiro atoms. The average Bonchev–Trinajstić information content (AvgIpc) is 2.78. The van der Waals surface area contributed by atoms with E-state index in [1.807, 2.05) is 5.32 Å². The molecule has 6 heteroatoms. The Balaban J connectivity index is 2.00. The fraction of sp³-hybridized carbons (Fsp3) is 0.467. The van der Waals surface area contributed by atoms with Crippen molar-refractivity contribution in [2.45, 2.75) is 18.9 Å². The fourth-order valence-electron chi connectivity index (χ4n) is 2.39. The van der Waals surface area contributed by atoms with Crippen molar-refractivity contribution in [3.05, 3.63) is 24.3 Å². The quantitative estimate of drug-likeness (QED) is 0.564. The molecule has 2 amide bonds. The van der Waals surface area contributed by atoms with E-state index in [-0.39, 0.29) is 24.3 Å². The Labute approximate surface area is 124 Å². The number of hydrogen-bond donors (Lipinski definition) is 1. The Morgan fingerprint density at radius 1 is 1.24 bits per heavy atom. The van der Waals surface area contributed by atoms with E-state index in [4.69, 9.17) is 9.47 Å². The normalized spacial score (nSPS) is 18.4. The number of hydrogen-bond acceptors (Lipinski definition) is 4. The number of rotatable bonds is 7. The van der Waals surface area contributed by atoms with Gasteiger partial charge in [-0.15, -0.1) is 0 Å². The molecular formula is C15H21N2O4+. The molecule has 0 saturated carbocycles. The Bertz CT molecular complexity index is 501. The van der Waals surface area contributed by atoms with Gasteiger partial charge < -0.3 is 14.8 Å². The summed E-state index contributed by atoms with van der Waals surface area (Å²) in [7, 11) is 3.22. The average molecular weight is 293 g/mol. The van der Waals surface area contributed by atoms with E-state index >= 15 is 0 Å². The van der Waals surface area contributed by atoms with E-state index in [9.17, 15) is 9.59 Å². The maximum Gasteiger partial charge on any atom is 0.292 e. The largest absolute Gasteiger partial charge is 0.497 e. The number of anilines is 1. The zero-order chi connectivity index (χ0) is 15.2. The van der Waals surface area contributed by atoms with Gasteiger partial charge in [-0.1, -0.05) is 0 Å². The number of amides is 2. The van der Waals surface area contributed by atoms with Crippen LogP contribution in [0.15, 0.2) is 24.3 Å². The van der Waals surface area contributed by atoms with Crippen molar-refractivity contribution in [1.82, 2.24) is 0 Å². The van der Waals surface area contributed by atoms with Crippen LogP contribution in [0.4, 0.5) is 5.69 Å². The molecule has 114 valence electrons. The first-order valence-corrected chi connectivity index (χ1v) is 7.00.